The molecule has 2 amide bonds. The first kappa shape index (κ1) is 30.8. The summed E-state index contributed by atoms with van der Waals surface area (Å²) < 4.78 is 31.9. The highest BCUT2D eigenvalue weighted by molar-refractivity contribution is 7.92. The Morgan fingerprint density at radius 3 is 2.77 bits per heavy atom. The molecule has 3 atom stereocenters. The zero-order chi connectivity index (χ0) is 30.9. The lowest BCUT2D eigenvalue weighted by Crippen LogP contribution is -2.75. The van der Waals surface area contributed by atoms with Gasteiger partial charge in [0, 0.05) is 62.5 Å². The zero-order valence-corrected chi connectivity index (χ0v) is 26.3. The lowest BCUT2D eigenvalue weighted by molar-refractivity contribution is -0.129. The summed E-state index contributed by atoms with van der Waals surface area (Å²) in [6, 6.07) is 4.45. The third-order valence-electron chi connectivity index (χ3n) is 7.84. The molecule has 2 unspecified atom stereocenters. The number of nitrogens with zero attached hydrogens (tertiary/aromatic N) is 4. The van der Waals surface area contributed by atoms with Crippen LogP contribution in [0.3, 0.4) is 0 Å². The number of piperazine rings is 1. The standard InChI is InChI=1S/C27H39N9O5S2/c1-5-18-13-34(3)24-25(36(18)14-19-11-29-16-42-19)32-27(28,33-26(24)38)31-21-7-6-20(10-22(21)41-4)43(39,40)15-23(37)35-9-8-30-17(2)12-35/h6-7,10-11,16-18,30-32H,5,8-9,12-15,28H2,1-4H3,(H,33,38)/t17?,18?,27-/m1/s1. The van der Waals surface area contributed by atoms with E-state index >= 15 is 0 Å². The number of methoxy groups -OCH3 is 1. The Hall–Kier alpha value is -3.60. The second-order valence-electron chi connectivity index (χ2n) is 11.1. The summed E-state index contributed by atoms with van der Waals surface area (Å²) in [5.74, 6) is -2.34. The quantitative estimate of drug-likeness (QED) is 0.231. The minimum absolute atomic E-state index is 0.0569. The third kappa shape index (κ3) is 6.51. The molecule has 2 aromatic rings. The fourth-order valence-electron chi connectivity index (χ4n) is 5.66. The molecule has 0 bridgehead atoms. The topological polar surface area (TPSA) is 174 Å². The monoisotopic (exact) mass is 633 g/mol. The average molecular weight is 634 g/mol. The summed E-state index contributed by atoms with van der Waals surface area (Å²) in [7, 11) is -0.682. The van der Waals surface area contributed by atoms with Gasteiger partial charge in [-0.15, -0.1) is 11.3 Å². The molecule has 3 aliphatic heterocycles. The second kappa shape index (κ2) is 12.2. The minimum Gasteiger partial charge on any atom is -0.495 e. The Bertz CT molecular complexity index is 1500. The molecule has 0 radical (unpaired) electrons. The number of anilines is 1. The van der Waals surface area contributed by atoms with Crippen LogP contribution in [0.4, 0.5) is 5.69 Å². The summed E-state index contributed by atoms with van der Waals surface area (Å²) in [6.45, 7) is 6.77. The molecule has 234 valence electrons. The molecule has 3 aliphatic rings. The van der Waals surface area contributed by atoms with Crippen molar-refractivity contribution >= 4 is 38.7 Å². The first-order chi connectivity index (χ1) is 20.4. The van der Waals surface area contributed by atoms with E-state index in [9.17, 15) is 18.0 Å². The van der Waals surface area contributed by atoms with Crippen molar-refractivity contribution in [3.8, 4) is 5.75 Å². The molecule has 1 aromatic carbocycles. The van der Waals surface area contributed by atoms with Crippen LogP contribution in [0.5, 0.6) is 5.75 Å². The highest BCUT2D eigenvalue weighted by Crippen LogP contribution is 2.33. The second-order valence-corrected chi connectivity index (χ2v) is 14.0. The van der Waals surface area contributed by atoms with Crippen LogP contribution in [-0.4, -0.2) is 104 Å². The number of rotatable bonds is 9. The van der Waals surface area contributed by atoms with E-state index in [4.69, 9.17) is 10.5 Å². The average Bonchev–Trinajstić information content (AvgIpc) is 3.47. The Kier molecular flexibility index (Phi) is 8.74. The molecular formula is C27H39N9O5S2. The maximum absolute atomic E-state index is 13.4. The number of ether oxygens (including phenoxy) is 1. The van der Waals surface area contributed by atoms with Gasteiger partial charge in [0.25, 0.3) is 5.91 Å². The molecule has 14 nitrogen and oxygen atoms in total. The van der Waals surface area contributed by atoms with Crippen LogP contribution < -0.4 is 31.7 Å². The molecule has 6 N–H and O–H groups in total. The number of hydrogen-bond acceptors (Lipinski definition) is 13. The molecule has 0 aliphatic carbocycles. The lowest BCUT2D eigenvalue weighted by Gasteiger charge is -2.50. The molecule has 5 rings (SSSR count). The number of nitrogens with one attached hydrogen (secondary N) is 4. The first-order valence-corrected chi connectivity index (χ1v) is 16.6. The van der Waals surface area contributed by atoms with Gasteiger partial charge in [-0.3, -0.25) is 25.6 Å². The van der Waals surface area contributed by atoms with Crippen molar-refractivity contribution < 1.29 is 22.7 Å². The zero-order valence-electron chi connectivity index (χ0n) is 24.7. The van der Waals surface area contributed by atoms with Gasteiger partial charge in [-0.2, -0.15) is 0 Å². The van der Waals surface area contributed by atoms with E-state index in [-0.39, 0.29) is 28.6 Å². The summed E-state index contributed by atoms with van der Waals surface area (Å²) in [5.41, 5.74) is 9.27. The highest BCUT2D eigenvalue weighted by atomic mass is 32.2. The molecule has 4 heterocycles. The van der Waals surface area contributed by atoms with E-state index in [0.717, 1.165) is 11.3 Å². The number of benzene rings is 1. The highest BCUT2D eigenvalue weighted by Gasteiger charge is 2.44. The van der Waals surface area contributed by atoms with Gasteiger partial charge in [0.1, 0.15) is 23.0 Å². The number of carbonyl (C=O) groups excluding carboxylic acids is 2. The van der Waals surface area contributed by atoms with E-state index in [2.05, 4.69) is 38.1 Å². The number of nitrogens with two attached hydrogens (primary N) is 1. The van der Waals surface area contributed by atoms with Crippen LogP contribution in [0.2, 0.25) is 0 Å². The molecule has 16 heteroatoms. The van der Waals surface area contributed by atoms with Crippen LogP contribution in [0, 0.1) is 0 Å². The summed E-state index contributed by atoms with van der Waals surface area (Å²) in [6.07, 6.45) is 2.65. The summed E-state index contributed by atoms with van der Waals surface area (Å²) >= 11 is 1.54. The number of aromatic nitrogens is 1. The van der Waals surface area contributed by atoms with Gasteiger partial charge in [-0.25, -0.2) is 8.42 Å². The van der Waals surface area contributed by atoms with Crippen LogP contribution in [-0.2, 0) is 26.0 Å². The van der Waals surface area contributed by atoms with Gasteiger partial charge < -0.3 is 35.4 Å². The number of hydrogen-bond donors (Lipinski definition) is 5. The molecular weight excluding hydrogens is 594 g/mol. The van der Waals surface area contributed by atoms with E-state index in [1.54, 1.807) is 10.4 Å². The molecule has 1 aromatic heterocycles. The van der Waals surface area contributed by atoms with Crippen molar-refractivity contribution in [3.63, 3.8) is 0 Å². The Morgan fingerprint density at radius 1 is 1.30 bits per heavy atom. The summed E-state index contributed by atoms with van der Waals surface area (Å²) in [5, 5.41) is 12.4. The van der Waals surface area contributed by atoms with Gasteiger partial charge in [-0.1, -0.05) is 6.92 Å². The Balaban J connectivity index is 1.38. The molecule has 1 saturated heterocycles. The van der Waals surface area contributed by atoms with Gasteiger partial charge in [-0.05, 0) is 25.5 Å². The maximum atomic E-state index is 13.4. The predicted octanol–water partition coefficient (Wildman–Crippen LogP) is -0.158. The van der Waals surface area contributed by atoms with Crippen molar-refractivity contribution in [1.29, 1.82) is 0 Å². The van der Waals surface area contributed by atoms with Gasteiger partial charge in [0.15, 0.2) is 9.84 Å². The third-order valence-corrected chi connectivity index (χ3v) is 10.2. The lowest BCUT2D eigenvalue weighted by atomic mass is 10.1. The predicted molar refractivity (Wildman–Crippen MR) is 162 cm³/mol. The smallest absolute Gasteiger partial charge is 0.275 e. The van der Waals surface area contributed by atoms with Gasteiger partial charge in [0.2, 0.25) is 11.8 Å². The van der Waals surface area contributed by atoms with Crippen molar-refractivity contribution in [3.05, 3.63) is 46.3 Å². The molecule has 1 fully saturated rings. The Morgan fingerprint density at radius 2 is 2.09 bits per heavy atom. The summed E-state index contributed by atoms with van der Waals surface area (Å²) in [4.78, 5) is 37.0. The fourth-order valence-corrected chi connectivity index (χ4v) is 7.49. The van der Waals surface area contributed by atoms with Crippen LogP contribution in [0.25, 0.3) is 0 Å². The van der Waals surface area contributed by atoms with Crippen molar-refractivity contribution in [1.82, 2.24) is 35.6 Å². The molecule has 0 spiro atoms. The van der Waals surface area contributed by atoms with E-state index < -0.39 is 27.4 Å². The fraction of sp³-hybridized carbons (Fsp3) is 0.519. The van der Waals surface area contributed by atoms with Gasteiger partial charge >= 0.3 is 0 Å². The normalized spacial score (nSPS) is 24.3. The number of likely N-dealkylation sites (N-methyl/N-ethyl adjacent to an activating group) is 1. The number of sulfone groups is 1. The molecule has 0 saturated carbocycles. The van der Waals surface area contributed by atoms with E-state index in [1.807, 2.05) is 25.1 Å². The van der Waals surface area contributed by atoms with Crippen molar-refractivity contribution in [2.75, 3.05) is 51.4 Å². The minimum atomic E-state index is -3.96. The van der Waals surface area contributed by atoms with Crippen molar-refractivity contribution in [2.24, 2.45) is 5.73 Å². The van der Waals surface area contributed by atoms with E-state index in [0.29, 0.717) is 49.9 Å². The number of thiazole rings is 1. The SMILES string of the molecule is CCC1CN(C)C2=C(N[C@@](N)(Nc3ccc(S(=O)(=O)CC(=O)N4CCNC(C)C4)cc3OC)NC2=O)N1Cc1cncs1. The number of amides is 2. The van der Waals surface area contributed by atoms with Gasteiger partial charge in [0.05, 0.1) is 29.7 Å². The largest absolute Gasteiger partial charge is 0.495 e. The van der Waals surface area contributed by atoms with Crippen LogP contribution in [0.15, 0.2) is 46.3 Å². The van der Waals surface area contributed by atoms with Crippen LogP contribution in [0.1, 0.15) is 25.1 Å². The molecule has 43 heavy (non-hydrogen) atoms. The van der Waals surface area contributed by atoms with E-state index in [1.165, 1.54) is 36.6 Å². The number of carbonyl (C=O) groups is 2. The maximum Gasteiger partial charge on any atom is 0.275 e. The first-order valence-electron chi connectivity index (χ1n) is 14.1. The van der Waals surface area contributed by atoms with Crippen LogP contribution >= 0.6 is 11.3 Å². The Labute approximate surface area is 255 Å². The van der Waals surface area contributed by atoms with Crippen molar-refractivity contribution in [2.45, 2.75) is 49.7 Å².